The maximum absolute atomic E-state index is 12.1. The van der Waals surface area contributed by atoms with E-state index >= 15 is 0 Å². The van der Waals surface area contributed by atoms with Crippen molar-refractivity contribution in [1.29, 1.82) is 0 Å². The van der Waals surface area contributed by atoms with E-state index in [0.717, 1.165) is 24.8 Å². The molecule has 0 N–H and O–H groups in total. The predicted octanol–water partition coefficient (Wildman–Crippen LogP) is 3.10. The highest BCUT2D eigenvalue weighted by Gasteiger charge is 2.30. The molecule has 2 rings (SSSR count). The molecule has 1 aromatic carbocycles. The molecule has 0 aromatic heterocycles. The third-order valence-corrected chi connectivity index (χ3v) is 4.18. The number of rotatable bonds is 5. The molecule has 4 heteroatoms. The van der Waals surface area contributed by atoms with E-state index in [1.54, 1.807) is 7.11 Å². The van der Waals surface area contributed by atoms with Crippen molar-refractivity contribution in [2.75, 3.05) is 14.2 Å². The Balaban J connectivity index is 2.21. The number of hydrogen-bond donors (Lipinski definition) is 0. The minimum absolute atomic E-state index is 0.0333. The van der Waals surface area contributed by atoms with Crippen LogP contribution in [-0.2, 0) is 14.3 Å². The first-order valence-electron chi connectivity index (χ1n) is 7.40. The smallest absolute Gasteiger partial charge is 0.313 e. The second-order valence-electron chi connectivity index (χ2n) is 5.50. The standard InChI is InChI=1S/C17H22O4/c1-20-14-8-5-7-12(10-14)15(17(19)21-2)11-13-6-3-4-9-16(13)18/h5,7-8,10,13,15H,3-4,6,9,11H2,1-2H3. The lowest BCUT2D eigenvalue weighted by molar-refractivity contribution is -0.143. The Hall–Kier alpha value is -1.84. The topological polar surface area (TPSA) is 52.6 Å². The predicted molar refractivity (Wildman–Crippen MR) is 79.3 cm³/mol. The molecular weight excluding hydrogens is 268 g/mol. The largest absolute Gasteiger partial charge is 0.497 e. The summed E-state index contributed by atoms with van der Waals surface area (Å²) in [5, 5.41) is 0. The number of esters is 1. The summed E-state index contributed by atoms with van der Waals surface area (Å²) in [6, 6.07) is 7.42. The summed E-state index contributed by atoms with van der Waals surface area (Å²) in [5.41, 5.74) is 0.847. The molecule has 1 aliphatic carbocycles. The summed E-state index contributed by atoms with van der Waals surface area (Å²) < 4.78 is 10.1. The second kappa shape index (κ2) is 7.25. The average molecular weight is 290 g/mol. The molecule has 21 heavy (non-hydrogen) atoms. The molecule has 0 radical (unpaired) electrons. The van der Waals surface area contributed by atoms with E-state index in [1.807, 2.05) is 24.3 Å². The minimum Gasteiger partial charge on any atom is -0.497 e. The van der Waals surface area contributed by atoms with Gasteiger partial charge in [0, 0.05) is 12.3 Å². The van der Waals surface area contributed by atoms with Gasteiger partial charge in [-0.1, -0.05) is 18.6 Å². The zero-order valence-electron chi connectivity index (χ0n) is 12.6. The fourth-order valence-electron chi connectivity index (χ4n) is 2.96. The van der Waals surface area contributed by atoms with Crippen molar-refractivity contribution in [3.8, 4) is 5.75 Å². The zero-order chi connectivity index (χ0) is 15.2. The molecule has 2 atom stereocenters. The molecule has 0 heterocycles. The normalized spacial score (nSPS) is 19.9. The highest BCUT2D eigenvalue weighted by molar-refractivity contribution is 5.84. The van der Waals surface area contributed by atoms with Crippen LogP contribution in [0.1, 0.15) is 43.6 Å². The van der Waals surface area contributed by atoms with Gasteiger partial charge in [-0.25, -0.2) is 0 Å². The number of hydrogen-bond acceptors (Lipinski definition) is 4. The van der Waals surface area contributed by atoms with Crippen molar-refractivity contribution in [2.24, 2.45) is 5.92 Å². The van der Waals surface area contributed by atoms with Gasteiger partial charge < -0.3 is 9.47 Å². The SMILES string of the molecule is COC(=O)C(CC1CCCCC1=O)c1cccc(OC)c1. The second-order valence-corrected chi connectivity index (χ2v) is 5.50. The van der Waals surface area contributed by atoms with Crippen LogP contribution in [0.15, 0.2) is 24.3 Å². The van der Waals surface area contributed by atoms with E-state index in [1.165, 1.54) is 7.11 Å². The molecular formula is C17H22O4. The first kappa shape index (κ1) is 15.5. The van der Waals surface area contributed by atoms with E-state index in [-0.39, 0.29) is 17.7 Å². The molecule has 0 saturated heterocycles. The van der Waals surface area contributed by atoms with Gasteiger partial charge in [0.25, 0.3) is 0 Å². The highest BCUT2D eigenvalue weighted by Crippen LogP contribution is 2.33. The van der Waals surface area contributed by atoms with Gasteiger partial charge in [-0.05, 0) is 37.0 Å². The van der Waals surface area contributed by atoms with Gasteiger partial charge in [-0.2, -0.15) is 0 Å². The van der Waals surface area contributed by atoms with Crippen LogP contribution in [0.5, 0.6) is 5.75 Å². The van der Waals surface area contributed by atoms with Gasteiger partial charge in [0.05, 0.1) is 20.1 Å². The molecule has 0 bridgehead atoms. The van der Waals surface area contributed by atoms with Crippen molar-refractivity contribution >= 4 is 11.8 Å². The quantitative estimate of drug-likeness (QED) is 0.782. The molecule has 114 valence electrons. The van der Waals surface area contributed by atoms with Crippen LogP contribution in [0.25, 0.3) is 0 Å². The lowest BCUT2D eigenvalue weighted by atomic mass is 9.80. The fraction of sp³-hybridized carbons (Fsp3) is 0.529. The number of carbonyl (C=O) groups excluding carboxylic acids is 2. The van der Waals surface area contributed by atoms with Crippen LogP contribution in [0.4, 0.5) is 0 Å². The Morgan fingerprint density at radius 1 is 1.33 bits per heavy atom. The molecule has 0 amide bonds. The summed E-state index contributed by atoms with van der Waals surface area (Å²) in [7, 11) is 2.98. The van der Waals surface area contributed by atoms with E-state index in [9.17, 15) is 9.59 Å². The number of Topliss-reactive ketones (excluding diaryl/α,β-unsaturated/α-hetero) is 1. The molecule has 2 unspecified atom stereocenters. The summed E-state index contributed by atoms with van der Waals surface area (Å²) in [4.78, 5) is 24.1. The Morgan fingerprint density at radius 2 is 2.14 bits per heavy atom. The van der Waals surface area contributed by atoms with Crippen LogP contribution >= 0.6 is 0 Å². The van der Waals surface area contributed by atoms with Gasteiger partial charge in [0.1, 0.15) is 11.5 Å². The number of ether oxygens (including phenoxy) is 2. The van der Waals surface area contributed by atoms with E-state index in [0.29, 0.717) is 18.6 Å². The first-order chi connectivity index (χ1) is 10.2. The van der Waals surface area contributed by atoms with E-state index in [4.69, 9.17) is 9.47 Å². The van der Waals surface area contributed by atoms with Crippen LogP contribution in [0, 0.1) is 5.92 Å². The Bertz CT molecular complexity index is 509. The van der Waals surface area contributed by atoms with E-state index in [2.05, 4.69) is 0 Å². The Kier molecular flexibility index (Phi) is 5.37. The van der Waals surface area contributed by atoms with Gasteiger partial charge in [-0.3, -0.25) is 9.59 Å². The monoisotopic (exact) mass is 290 g/mol. The molecule has 0 aliphatic heterocycles. The Morgan fingerprint density at radius 3 is 2.81 bits per heavy atom. The molecule has 1 fully saturated rings. The molecule has 4 nitrogen and oxygen atoms in total. The maximum atomic E-state index is 12.1. The van der Waals surface area contributed by atoms with Crippen molar-refractivity contribution in [1.82, 2.24) is 0 Å². The van der Waals surface area contributed by atoms with Gasteiger partial charge in [-0.15, -0.1) is 0 Å². The maximum Gasteiger partial charge on any atom is 0.313 e. The molecule has 1 aromatic rings. The number of ketones is 1. The first-order valence-corrected chi connectivity index (χ1v) is 7.40. The minimum atomic E-state index is -0.405. The van der Waals surface area contributed by atoms with Crippen molar-refractivity contribution in [3.05, 3.63) is 29.8 Å². The van der Waals surface area contributed by atoms with Gasteiger partial charge >= 0.3 is 5.97 Å². The van der Waals surface area contributed by atoms with Gasteiger partial charge in [0.2, 0.25) is 0 Å². The lowest BCUT2D eigenvalue weighted by Gasteiger charge is -2.24. The van der Waals surface area contributed by atoms with Crippen molar-refractivity contribution < 1.29 is 19.1 Å². The van der Waals surface area contributed by atoms with Crippen LogP contribution in [0.3, 0.4) is 0 Å². The Labute approximate surface area is 125 Å². The van der Waals surface area contributed by atoms with Crippen LogP contribution in [-0.4, -0.2) is 26.0 Å². The van der Waals surface area contributed by atoms with E-state index < -0.39 is 5.92 Å². The van der Waals surface area contributed by atoms with Crippen LogP contribution < -0.4 is 4.74 Å². The summed E-state index contributed by atoms with van der Waals surface area (Å²) in [6.07, 6.45) is 4.06. The fourth-order valence-corrected chi connectivity index (χ4v) is 2.96. The lowest BCUT2D eigenvalue weighted by Crippen LogP contribution is -2.25. The summed E-state index contributed by atoms with van der Waals surface area (Å²) in [6.45, 7) is 0. The van der Waals surface area contributed by atoms with Crippen molar-refractivity contribution in [2.45, 2.75) is 38.0 Å². The average Bonchev–Trinajstić information content (AvgIpc) is 2.53. The number of benzene rings is 1. The summed E-state index contributed by atoms with van der Waals surface area (Å²) in [5.74, 6) is 0.252. The molecule has 1 saturated carbocycles. The molecule has 0 spiro atoms. The van der Waals surface area contributed by atoms with Gasteiger partial charge in [0.15, 0.2) is 0 Å². The van der Waals surface area contributed by atoms with Crippen LogP contribution in [0.2, 0.25) is 0 Å². The third kappa shape index (κ3) is 3.84. The highest BCUT2D eigenvalue weighted by atomic mass is 16.5. The summed E-state index contributed by atoms with van der Waals surface area (Å²) >= 11 is 0. The van der Waals surface area contributed by atoms with Crippen molar-refractivity contribution in [3.63, 3.8) is 0 Å². The molecule has 1 aliphatic rings. The zero-order valence-corrected chi connectivity index (χ0v) is 12.6. The third-order valence-electron chi connectivity index (χ3n) is 4.18. The number of carbonyl (C=O) groups is 2. The number of methoxy groups -OCH3 is 2.